The number of hydrogen-bond donors (Lipinski definition) is 1. The van der Waals surface area contributed by atoms with Gasteiger partial charge in [-0.25, -0.2) is 0 Å². The molecule has 1 rings (SSSR count). The van der Waals surface area contributed by atoms with Crippen molar-refractivity contribution < 1.29 is 9.53 Å². The number of amides is 1. The number of morpholine rings is 1. The number of carbonyl (C=O) groups is 1. The summed E-state index contributed by atoms with van der Waals surface area (Å²) in [7, 11) is 0. The van der Waals surface area contributed by atoms with Crippen molar-refractivity contribution in [2.75, 3.05) is 13.2 Å². The van der Waals surface area contributed by atoms with Crippen LogP contribution in [0.15, 0.2) is 0 Å². The van der Waals surface area contributed by atoms with Crippen molar-refractivity contribution in [3.05, 3.63) is 0 Å². The Morgan fingerprint density at radius 1 is 1.58 bits per heavy atom. The zero-order valence-electron chi connectivity index (χ0n) is 8.02. The second-order valence-electron chi connectivity index (χ2n) is 4.42. The van der Waals surface area contributed by atoms with E-state index in [1.54, 1.807) is 0 Å². The van der Waals surface area contributed by atoms with Crippen molar-refractivity contribution in [3.63, 3.8) is 0 Å². The number of ether oxygens (including phenoxy) is 1. The maximum atomic E-state index is 11.2. The van der Waals surface area contributed by atoms with Crippen LogP contribution in [0.1, 0.15) is 27.2 Å². The largest absolute Gasteiger partial charge is 0.367 e. The van der Waals surface area contributed by atoms with E-state index in [4.69, 9.17) is 4.74 Å². The molecule has 1 aliphatic rings. The third kappa shape index (κ3) is 2.81. The molecule has 0 aliphatic carbocycles. The second-order valence-corrected chi connectivity index (χ2v) is 4.42. The minimum atomic E-state index is -0.237. The van der Waals surface area contributed by atoms with Gasteiger partial charge in [0.1, 0.15) is 6.10 Å². The lowest BCUT2D eigenvalue weighted by Crippen LogP contribution is -2.45. The minimum Gasteiger partial charge on any atom is -0.367 e. The first kappa shape index (κ1) is 9.52. The quantitative estimate of drug-likeness (QED) is 0.637. The molecule has 1 amide bonds. The molecule has 0 radical (unpaired) electrons. The van der Waals surface area contributed by atoms with Gasteiger partial charge in [-0.05, 0) is 11.8 Å². The van der Waals surface area contributed by atoms with Gasteiger partial charge in [-0.15, -0.1) is 0 Å². The first-order valence-electron chi connectivity index (χ1n) is 4.38. The molecule has 0 aromatic heterocycles. The van der Waals surface area contributed by atoms with Crippen LogP contribution in [0.5, 0.6) is 0 Å². The summed E-state index contributed by atoms with van der Waals surface area (Å²) < 4.78 is 5.35. The molecule has 1 atom stereocenters. The highest BCUT2D eigenvalue weighted by molar-refractivity contribution is 5.81. The predicted octanol–water partition coefficient (Wildman–Crippen LogP) is 0.938. The van der Waals surface area contributed by atoms with E-state index in [1.807, 2.05) is 0 Å². The highest BCUT2D eigenvalue weighted by Gasteiger charge is 2.27. The summed E-state index contributed by atoms with van der Waals surface area (Å²) >= 11 is 0. The van der Waals surface area contributed by atoms with Gasteiger partial charge in [0.25, 0.3) is 0 Å². The Kier molecular flexibility index (Phi) is 2.73. The molecule has 1 unspecified atom stereocenters. The van der Waals surface area contributed by atoms with Crippen LogP contribution in [0.2, 0.25) is 0 Å². The molecule has 3 heteroatoms. The molecule has 12 heavy (non-hydrogen) atoms. The van der Waals surface area contributed by atoms with E-state index in [9.17, 15) is 4.79 Å². The first-order chi connectivity index (χ1) is 5.49. The molecule has 1 heterocycles. The van der Waals surface area contributed by atoms with E-state index in [0.29, 0.717) is 13.2 Å². The normalized spacial score (nSPS) is 25.2. The van der Waals surface area contributed by atoms with Gasteiger partial charge < -0.3 is 10.1 Å². The molecule has 3 nitrogen and oxygen atoms in total. The van der Waals surface area contributed by atoms with Crippen LogP contribution < -0.4 is 5.32 Å². The zero-order valence-corrected chi connectivity index (χ0v) is 8.02. The molecule has 0 saturated carbocycles. The second kappa shape index (κ2) is 3.44. The summed E-state index contributed by atoms with van der Waals surface area (Å²) in [4.78, 5) is 11.2. The average molecular weight is 171 g/mol. The number of carbonyl (C=O) groups excluding carboxylic acids is 1. The average Bonchev–Trinajstić information content (AvgIpc) is 1.91. The smallest absolute Gasteiger partial charge is 0.249 e. The number of rotatable bonds is 1. The van der Waals surface area contributed by atoms with Gasteiger partial charge in [-0.1, -0.05) is 20.8 Å². The van der Waals surface area contributed by atoms with E-state index in [2.05, 4.69) is 26.1 Å². The third-order valence-electron chi connectivity index (χ3n) is 1.81. The Morgan fingerprint density at radius 2 is 2.25 bits per heavy atom. The standard InChI is InChI=1S/C9H17NO2/c1-9(2,3)6-7-8(11)10-4-5-12-7/h7H,4-6H2,1-3H3,(H,10,11). The Bertz CT molecular complexity index is 172. The first-order valence-corrected chi connectivity index (χ1v) is 4.38. The van der Waals surface area contributed by atoms with Crippen LogP contribution in [-0.2, 0) is 9.53 Å². The Labute approximate surface area is 73.5 Å². The van der Waals surface area contributed by atoms with Crippen molar-refractivity contribution in [1.82, 2.24) is 5.32 Å². The molecule has 70 valence electrons. The van der Waals surface area contributed by atoms with E-state index in [1.165, 1.54) is 0 Å². The van der Waals surface area contributed by atoms with Crippen LogP contribution >= 0.6 is 0 Å². The molecular formula is C9H17NO2. The van der Waals surface area contributed by atoms with Crippen molar-refractivity contribution in [1.29, 1.82) is 0 Å². The van der Waals surface area contributed by atoms with Crippen molar-refractivity contribution in [2.24, 2.45) is 5.41 Å². The summed E-state index contributed by atoms with van der Waals surface area (Å²) in [6, 6.07) is 0. The predicted molar refractivity (Wildman–Crippen MR) is 46.8 cm³/mol. The third-order valence-corrected chi connectivity index (χ3v) is 1.81. The lowest BCUT2D eigenvalue weighted by atomic mass is 9.88. The van der Waals surface area contributed by atoms with Gasteiger partial charge in [0, 0.05) is 6.54 Å². The molecule has 0 spiro atoms. The summed E-state index contributed by atoms with van der Waals surface area (Å²) in [5.41, 5.74) is 0.152. The van der Waals surface area contributed by atoms with Gasteiger partial charge in [0.05, 0.1) is 6.61 Å². The van der Waals surface area contributed by atoms with Crippen LogP contribution in [-0.4, -0.2) is 25.2 Å². The van der Waals surface area contributed by atoms with Crippen molar-refractivity contribution >= 4 is 5.91 Å². The summed E-state index contributed by atoms with van der Waals surface area (Å²) in [6.07, 6.45) is 0.553. The lowest BCUT2D eigenvalue weighted by molar-refractivity contribution is -0.139. The minimum absolute atomic E-state index is 0.0381. The maximum absolute atomic E-state index is 11.2. The van der Waals surface area contributed by atoms with E-state index in [0.717, 1.165) is 6.42 Å². The number of hydrogen-bond acceptors (Lipinski definition) is 2. The summed E-state index contributed by atoms with van der Waals surface area (Å²) in [5, 5.41) is 2.79. The zero-order chi connectivity index (χ0) is 9.19. The highest BCUT2D eigenvalue weighted by Crippen LogP contribution is 2.23. The topological polar surface area (TPSA) is 38.3 Å². The van der Waals surface area contributed by atoms with E-state index in [-0.39, 0.29) is 17.4 Å². The molecule has 1 aliphatic heterocycles. The van der Waals surface area contributed by atoms with Gasteiger partial charge in [0.15, 0.2) is 0 Å². The van der Waals surface area contributed by atoms with Crippen LogP contribution in [0.3, 0.4) is 0 Å². The molecule has 0 bridgehead atoms. The van der Waals surface area contributed by atoms with Gasteiger partial charge in [-0.3, -0.25) is 4.79 Å². The van der Waals surface area contributed by atoms with Crippen LogP contribution in [0.4, 0.5) is 0 Å². The Hall–Kier alpha value is -0.570. The van der Waals surface area contributed by atoms with Crippen molar-refractivity contribution in [2.45, 2.75) is 33.3 Å². The fraction of sp³-hybridized carbons (Fsp3) is 0.889. The van der Waals surface area contributed by atoms with Crippen molar-refractivity contribution in [3.8, 4) is 0 Å². The van der Waals surface area contributed by atoms with Gasteiger partial charge in [-0.2, -0.15) is 0 Å². The van der Waals surface area contributed by atoms with Gasteiger partial charge >= 0.3 is 0 Å². The van der Waals surface area contributed by atoms with Crippen LogP contribution in [0, 0.1) is 5.41 Å². The maximum Gasteiger partial charge on any atom is 0.249 e. The molecule has 0 aromatic carbocycles. The highest BCUT2D eigenvalue weighted by atomic mass is 16.5. The molecule has 1 N–H and O–H groups in total. The van der Waals surface area contributed by atoms with E-state index < -0.39 is 0 Å². The molecule has 0 aromatic rings. The Balaban J connectivity index is 2.45. The van der Waals surface area contributed by atoms with E-state index >= 15 is 0 Å². The SMILES string of the molecule is CC(C)(C)CC1OCCNC1=O. The molecule has 1 fully saturated rings. The molecule has 1 saturated heterocycles. The Morgan fingerprint density at radius 3 is 2.75 bits per heavy atom. The fourth-order valence-electron chi connectivity index (χ4n) is 1.27. The van der Waals surface area contributed by atoms with Crippen LogP contribution in [0.25, 0.3) is 0 Å². The lowest BCUT2D eigenvalue weighted by Gasteiger charge is -2.28. The molecular weight excluding hydrogens is 154 g/mol. The number of nitrogens with one attached hydrogen (secondary N) is 1. The summed E-state index contributed by atoms with van der Waals surface area (Å²) in [6.45, 7) is 7.63. The fourth-order valence-corrected chi connectivity index (χ4v) is 1.27. The summed E-state index contributed by atoms with van der Waals surface area (Å²) in [5.74, 6) is 0.0381. The monoisotopic (exact) mass is 171 g/mol. The van der Waals surface area contributed by atoms with Gasteiger partial charge in [0.2, 0.25) is 5.91 Å².